The first kappa shape index (κ1) is 12.8. The number of hydrogen-bond donors (Lipinski definition) is 1. The summed E-state index contributed by atoms with van der Waals surface area (Å²) in [6, 6.07) is 5.68. The van der Waals surface area contributed by atoms with Crippen LogP contribution >= 0.6 is 23.2 Å². The van der Waals surface area contributed by atoms with Crippen LogP contribution in [0, 0.1) is 5.92 Å². The van der Waals surface area contributed by atoms with E-state index >= 15 is 0 Å². The van der Waals surface area contributed by atoms with Gasteiger partial charge in [-0.1, -0.05) is 43.1 Å². The Morgan fingerprint density at radius 1 is 1.20 bits per heavy atom. The Bertz CT molecular complexity index is 303. The van der Waals surface area contributed by atoms with E-state index < -0.39 is 0 Å². The van der Waals surface area contributed by atoms with Gasteiger partial charge in [0, 0.05) is 16.1 Å². The Labute approximate surface area is 102 Å². The molecule has 3 heteroatoms. The monoisotopic (exact) mass is 245 g/mol. The maximum absolute atomic E-state index is 6.07. The zero-order valence-corrected chi connectivity index (χ0v) is 10.6. The number of hydrogen-bond acceptors (Lipinski definition) is 1. The maximum atomic E-state index is 6.07. The summed E-state index contributed by atoms with van der Waals surface area (Å²) in [6.07, 6.45) is 1.73. The fourth-order valence-corrected chi connectivity index (χ4v) is 2.23. The van der Waals surface area contributed by atoms with Gasteiger partial charge in [0.15, 0.2) is 0 Å². The molecule has 1 rings (SSSR count). The molecule has 0 saturated heterocycles. The van der Waals surface area contributed by atoms with Crippen molar-refractivity contribution >= 4 is 23.2 Å². The first-order chi connectivity index (χ1) is 7.00. The maximum Gasteiger partial charge on any atom is 0.0453 e. The molecule has 1 aromatic carbocycles. The highest BCUT2D eigenvalue weighted by molar-refractivity contribution is 6.35. The van der Waals surface area contributed by atoms with Crippen molar-refractivity contribution in [2.24, 2.45) is 11.7 Å². The van der Waals surface area contributed by atoms with Gasteiger partial charge in [0.25, 0.3) is 0 Å². The largest absolute Gasteiger partial charge is 0.327 e. The van der Waals surface area contributed by atoms with E-state index in [1.807, 2.05) is 18.2 Å². The number of nitrogens with two attached hydrogens (primary N) is 1. The van der Waals surface area contributed by atoms with Crippen LogP contribution < -0.4 is 5.73 Å². The van der Waals surface area contributed by atoms with Gasteiger partial charge in [-0.2, -0.15) is 0 Å². The van der Waals surface area contributed by atoms with Crippen molar-refractivity contribution in [2.75, 3.05) is 0 Å². The second-order valence-corrected chi connectivity index (χ2v) is 5.11. The fourth-order valence-electron chi connectivity index (χ4n) is 1.68. The van der Waals surface area contributed by atoms with Gasteiger partial charge in [-0.25, -0.2) is 0 Å². The fraction of sp³-hybridized carbons (Fsp3) is 0.500. The molecule has 0 amide bonds. The SMILES string of the molecule is CC(C)CC(N)Cc1c(Cl)cccc1Cl. The van der Waals surface area contributed by atoms with Crippen molar-refractivity contribution in [3.63, 3.8) is 0 Å². The van der Waals surface area contributed by atoms with E-state index in [0.29, 0.717) is 16.0 Å². The molecule has 1 unspecified atom stereocenters. The van der Waals surface area contributed by atoms with Crippen LogP contribution in [0.1, 0.15) is 25.8 Å². The molecule has 0 aliphatic rings. The molecule has 0 spiro atoms. The Morgan fingerprint density at radius 2 is 1.73 bits per heavy atom. The van der Waals surface area contributed by atoms with E-state index in [-0.39, 0.29) is 6.04 Å². The lowest BCUT2D eigenvalue weighted by atomic mass is 9.98. The van der Waals surface area contributed by atoms with Crippen molar-refractivity contribution in [2.45, 2.75) is 32.7 Å². The molecule has 0 aliphatic carbocycles. The Kier molecular flexibility index (Phi) is 4.91. The number of rotatable bonds is 4. The standard InChI is InChI=1S/C12H17Cl2N/c1-8(2)6-9(15)7-10-11(13)4-3-5-12(10)14/h3-5,8-9H,6-7,15H2,1-2H3. The van der Waals surface area contributed by atoms with Gasteiger partial charge >= 0.3 is 0 Å². The highest BCUT2D eigenvalue weighted by Crippen LogP contribution is 2.26. The Morgan fingerprint density at radius 3 is 2.20 bits per heavy atom. The molecule has 2 N–H and O–H groups in total. The van der Waals surface area contributed by atoms with E-state index in [2.05, 4.69) is 13.8 Å². The zero-order chi connectivity index (χ0) is 11.4. The van der Waals surface area contributed by atoms with E-state index in [9.17, 15) is 0 Å². The van der Waals surface area contributed by atoms with Crippen LogP contribution in [0.2, 0.25) is 10.0 Å². The molecular weight excluding hydrogens is 229 g/mol. The quantitative estimate of drug-likeness (QED) is 0.856. The third kappa shape index (κ3) is 4.02. The topological polar surface area (TPSA) is 26.0 Å². The van der Waals surface area contributed by atoms with Gasteiger partial charge in [0.1, 0.15) is 0 Å². The molecule has 1 nitrogen and oxygen atoms in total. The second-order valence-electron chi connectivity index (χ2n) is 4.29. The Balaban J connectivity index is 2.71. The van der Waals surface area contributed by atoms with Crippen LogP contribution in [0.15, 0.2) is 18.2 Å². The summed E-state index contributed by atoms with van der Waals surface area (Å²) in [5.74, 6) is 0.598. The predicted molar refractivity (Wildman–Crippen MR) is 67.6 cm³/mol. The van der Waals surface area contributed by atoms with Gasteiger partial charge < -0.3 is 5.73 Å². The minimum Gasteiger partial charge on any atom is -0.327 e. The molecule has 15 heavy (non-hydrogen) atoms. The minimum absolute atomic E-state index is 0.127. The molecular formula is C12H17Cl2N. The molecule has 0 heterocycles. The van der Waals surface area contributed by atoms with Crippen LogP contribution in [0.5, 0.6) is 0 Å². The molecule has 0 saturated carbocycles. The van der Waals surface area contributed by atoms with Gasteiger partial charge in [0.05, 0.1) is 0 Å². The summed E-state index contributed by atoms with van der Waals surface area (Å²) in [5, 5.41) is 1.42. The second kappa shape index (κ2) is 5.74. The lowest BCUT2D eigenvalue weighted by Gasteiger charge is -2.15. The van der Waals surface area contributed by atoms with E-state index in [1.54, 1.807) is 0 Å². The number of benzene rings is 1. The van der Waals surface area contributed by atoms with E-state index in [0.717, 1.165) is 18.4 Å². The highest BCUT2D eigenvalue weighted by Gasteiger charge is 2.11. The highest BCUT2D eigenvalue weighted by atomic mass is 35.5. The first-order valence-electron chi connectivity index (χ1n) is 5.19. The van der Waals surface area contributed by atoms with Gasteiger partial charge in [-0.15, -0.1) is 0 Å². The minimum atomic E-state index is 0.127. The summed E-state index contributed by atoms with van der Waals surface area (Å²) in [7, 11) is 0. The van der Waals surface area contributed by atoms with Crippen LogP contribution in [-0.4, -0.2) is 6.04 Å². The predicted octanol–water partition coefficient (Wildman–Crippen LogP) is 3.91. The molecule has 0 radical (unpaired) electrons. The summed E-state index contributed by atoms with van der Waals surface area (Å²) in [6.45, 7) is 4.32. The summed E-state index contributed by atoms with van der Waals surface area (Å²) < 4.78 is 0. The van der Waals surface area contributed by atoms with Gasteiger partial charge in [-0.05, 0) is 36.5 Å². The smallest absolute Gasteiger partial charge is 0.0453 e. The molecule has 0 aromatic heterocycles. The van der Waals surface area contributed by atoms with Crippen LogP contribution in [0.4, 0.5) is 0 Å². The van der Waals surface area contributed by atoms with E-state index in [1.165, 1.54) is 0 Å². The third-order valence-electron chi connectivity index (χ3n) is 2.30. The van der Waals surface area contributed by atoms with Crippen molar-refractivity contribution in [3.05, 3.63) is 33.8 Å². The van der Waals surface area contributed by atoms with Crippen molar-refractivity contribution < 1.29 is 0 Å². The molecule has 1 atom stereocenters. The molecule has 1 aromatic rings. The van der Waals surface area contributed by atoms with Crippen molar-refractivity contribution in [3.8, 4) is 0 Å². The van der Waals surface area contributed by atoms with E-state index in [4.69, 9.17) is 28.9 Å². The summed E-state index contributed by atoms with van der Waals surface area (Å²) >= 11 is 12.1. The average Bonchev–Trinajstić information content (AvgIpc) is 2.10. The molecule has 0 fully saturated rings. The zero-order valence-electron chi connectivity index (χ0n) is 9.13. The van der Waals surface area contributed by atoms with Gasteiger partial charge in [-0.3, -0.25) is 0 Å². The summed E-state index contributed by atoms with van der Waals surface area (Å²) in [4.78, 5) is 0. The normalized spacial score (nSPS) is 13.2. The van der Waals surface area contributed by atoms with Crippen molar-refractivity contribution in [1.29, 1.82) is 0 Å². The molecule has 0 bridgehead atoms. The van der Waals surface area contributed by atoms with Crippen LogP contribution in [0.3, 0.4) is 0 Å². The molecule has 84 valence electrons. The lowest BCUT2D eigenvalue weighted by Crippen LogP contribution is -2.25. The summed E-state index contributed by atoms with van der Waals surface area (Å²) in [5.41, 5.74) is 6.99. The average molecular weight is 246 g/mol. The van der Waals surface area contributed by atoms with Crippen LogP contribution in [-0.2, 0) is 6.42 Å². The Hall–Kier alpha value is -0.240. The lowest BCUT2D eigenvalue weighted by molar-refractivity contribution is 0.493. The first-order valence-corrected chi connectivity index (χ1v) is 5.94. The van der Waals surface area contributed by atoms with Gasteiger partial charge in [0.2, 0.25) is 0 Å². The third-order valence-corrected chi connectivity index (χ3v) is 3.01. The van der Waals surface area contributed by atoms with Crippen LogP contribution in [0.25, 0.3) is 0 Å². The molecule has 0 aliphatic heterocycles. The number of halogens is 2. The van der Waals surface area contributed by atoms with Crippen molar-refractivity contribution in [1.82, 2.24) is 0 Å².